The van der Waals surface area contributed by atoms with Gasteiger partial charge in [0.2, 0.25) is 0 Å². The monoisotopic (exact) mass is 300 g/mol. The number of aliphatic hydroxyl groups is 1. The van der Waals surface area contributed by atoms with E-state index in [0.717, 1.165) is 0 Å². The molecule has 0 unspecified atom stereocenters. The van der Waals surface area contributed by atoms with Crippen molar-refractivity contribution < 1.29 is 9.90 Å². The standard InChI is InChI=1S/C16H13ClN2O2/c17-14-11-13(8-7-12(14)5-2-4-10-20)16(21)19-15-6-1-3-9-18-15/h1,3,6-9,11,20H,4,10H2,(H,18,19,21). The van der Waals surface area contributed by atoms with Gasteiger partial charge in [0.1, 0.15) is 5.82 Å². The van der Waals surface area contributed by atoms with E-state index in [-0.39, 0.29) is 12.5 Å². The minimum Gasteiger partial charge on any atom is -0.395 e. The van der Waals surface area contributed by atoms with Crippen LogP contribution in [0.3, 0.4) is 0 Å². The minimum absolute atomic E-state index is 0.00911. The van der Waals surface area contributed by atoms with Crippen molar-refractivity contribution in [1.29, 1.82) is 0 Å². The summed E-state index contributed by atoms with van der Waals surface area (Å²) in [5, 5.41) is 11.8. The van der Waals surface area contributed by atoms with Crippen LogP contribution in [0.15, 0.2) is 42.6 Å². The molecule has 0 atom stereocenters. The van der Waals surface area contributed by atoms with Gasteiger partial charge in [0.05, 0.1) is 11.6 Å². The third-order valence-electron chi connectivity index (χ3n) is 2.60. The smallest absolute Gasteiger partial charge is 0.256 e. The normalized spacial score (nSPS) is 9.62. The molecule has 0 saturated heterocycles. The average Bonchev–Trinajstić information content (AvgIpc) is 2.50. The van der Waals surface area contributed by atoms with Crippen molar-refractivity contribution in [2.24, 2.45) is 0 Å². The predicted molar refractivity (Wildman–Crippen MR) is 82.2 cm³/mol. The second kappa shape index (κ2) is 7.44. The SMILES string of the molecule is O=C(Nc1ccccn1)c1ccc(C#CCCO)c(Cl)c1. The average molecular weight is 301 g/mol. The summed E-state index contributed by atoms with van der Waals surface area (Å²) in [6, 6.07) is 10.1. The molecule has 1 amide bonds. The van der Waals surface area contributed by atoms with E-state index in [2.05, 4.69) is 22.1 Å². The van der Waals surface area contributed by atoms with E-state index in [9.17, 15) is 4.79 Å². The van der Waals surface area contributed by atoms with Crippen LogP contribution < -0.4 is 5.32 Å². The fraction of sp³-hybridized carbons (Fsp3) is 0.125. The van der Waals surface area contributed by atoms with Gasteiger partial charge < -0.3 is 10.4 Å². The first-order chi connectivity index (χ1) is 10.2. The number of hydrogen-bond acceptors (Lipinski definition) is 3. The van der Waals surface area contributed by atoms with Gasteiger partial charge in [-0.25, -0.2) is 4.98 Å². The summed E-state index contributed by atoms with van der Waals surface area (Å²) in [4.78, 5) is 16.1. The van der Waals surface area contributed by atoms with E-state index in [4.69, 9.17) is 16.7 Å². The van der Waals surface area contributed by atoms with Gasteiger partial charge in [-0.3, -0.25) is 4.79 Å². The molecule has 0 aliphatic rings. The molecule has 2 N–H and O–H groups in total. The van der Waals surface area contributed by atoms with Crippen molar-refractivity contribution in [1.82, 2.24) is 4.98 Å². The van der Waals surface area contributed by atoms with E-state index in [1.165, 1.54) is 0 Å². The van der Waals surface area contributed by atoms with Gasteiger partial charge in [0.25, 0.3) is 5.91 Å². The van der Waals surface area contributed by atoms with Gasteiger partial charge in [-0.1, -0.05) is 29.5 Å². The van der Waals surface area contributed by atoms with Crippen molar-refractivity contribution in [3.63, 3.8) is 0 Å². The van der Waals surface area contributed by atoms with Gasteiger partial charge in [-0.15, -0.1) is 0 Å². The number of rotatable bonds is 3. The van der Waals surface area contributed by atoms with Crippen LogP contribution in [0.4, 0.5) is 5.82 Å². The van der Waals surface area contributed by atoms with Crippen molar-refractivity contribution in [2.75, 3.05) is 11.9 Å². The summed E-state index contributed by atoms with van der Waals surface area (Å²) in [5.41, 5.74) is 1.05. The van der Waals surface area contributed by atoms with Gasteiger partial charge >= 0.3 is 0 Å². The Labute approximate surface area is 127 Å². The number of nitrogens with one attached hydrogen (secondary N) is 1. The number of aliphatic hydroxyl groups excluding tert-OH is 1. The molecule has 0 aliphatic heterocycles. The van der Waals surface area contributed by atoms with Crippen LogP contribution in [0.2, 0.25) is 5.02 Å². The minimum atomic E-state index is -0.287. The van der Waals surface area contributed by atoms with Crippen molar-refractivity contribution in [3.8, 4) is 11.8 Å². The van der Waals surface area contributed by atoms with E-state index >= 15 is 0 Å². The predicted octanol–water partition coefficient (Wildman–Crippen LogP) is 2.72. The summed E-state index contributed by atoms with van der Waals surface area (Å²) >= 11 is 6.09. The molecular formula is C16H13ClN2O2. The van der Waals surface area contributed by atoms with Crippen LogP contribution >= 0.6 is 11.6 Å². The lowest BCUT2D eigenvalue weighted by Gasteiger charge is -2.05. The van der Waals surface area contributed by atoms with Crippen molar-refractivity contribution in [3.05, 3.63) is 58.7 Å². The van der Waals surface area contributed by atoms with Crippen LogP contribution in [-0.2, 0) is 0 Å². The quantitative estimate of drug-likeness (QED) is 0.857. The van der Waals surface area contributed by atoms with Crippen LogP contribution in [0.1, 0.15) is 22.3 Å². The van der Waals surface area contributed by atoms with Gasteiger partial charge in [0, 0.05) is 23.7 Å². The first kappa shape index (κ1) is 15.0. The molecule has 0 saturated carbocycles. The first-order valence-corrected chi connectivity index (χ1v) is 6.70. The second-order valence-corrected chi connectivity index (χ2v) is 4.55. The van der Waals surface area contributed by atoms with Gasteiger partial charge in [-0.05, 0) is 30.3 Å². The highest BCUT2D eigenvalue weighted by Gasteiger charge is 2.08. The third kappa shape index (κ3) is 4.32. The van der Waals surface area contributed by atoms with Crippen LogP contribution in [0, 0.1) is 11.8 Å². The fourth-order valence-electron chi connectivity index (χ4n) is 1.60. The number of nitrogens with zero attached hydrogens (tertiary/aromatic N) is 1. The summed E-state index contributed by atoms with van der Waals surface area (Å²) in [6.07, 6.45) is 1.99. The Balaban J connectivity index is 2.13. The summed E-state index contributed by atoms with van der Waals surface area (Å²) in [6.45, 7) is 0.00911. The molecular weight excluding hydrogens is 288 g/mol. The molecule has 5 heteroatoms. The fourth-order valence-corrected chi connectivity index (χ4v) is 1.82. The Kier molecular flexibility index (Phi) is 5.33. The number of benzene rings is 1. The maximum Gasteiger partial charge on any atom is 0.256 e. The van der Waals surface area contributed by atoms with Crippen molar-refractivity contribution in [2.45, 2.75) is 6.42 Å². The number of pyridine rings is 1. The molecule has 0 bridgehead atoms. The van der Waals surface area contributed by atoms with Crippen LogP contribution in [0.5, 0.6) is 0 Å². The number of aromatic nitrogens is 1. The Morgan fingerprint density at radius 3 is 2.86 bits per heavy atom. The Morgan fingerprint density at radius 1 is 1.33 bits per heavy atom. The number of carbonyl (C=O) groups is 1. The lowest BCUT2D eigenvalue weighted by atomic mass is 10.1. The third-order valence-corrected chi connectivity index (χ3v) is 2.91. The van der Waals surface area contributed by atoms with Crippen molar-refractivity contribution >= 4 is 23.3 Å². The van der Waals surface area contributed by atoms with E-state index < -0.39 is 0 Å². The Morgan fingerprint density at radius 2 is 2.19 bits per heavy atom. The number of amides is 1. The molecule has 0 fully saturated rings. The number of carbonyl (C=O) groups excluding carboxylic acids is 1. The van der Waals surface area contributed by atoms with Crippen LogP contribution in [0.25, 0.3) is 0 Å². The second-order valence-electron chi connectivity index (χ2n) is 4.14. The molecule has 1 aromatic heterocycles. The lowest BCUT2D eigenvalue weighted by Crippen LogP contribution is -2.12. The van der Waals surface area contributed by atoms with E-state index in [1.54, 1.807) is 42.6 Å². The molecule has 1 heterocycles. The highest BCUT2D eigenvalue weighted by molar-refractivity contribution is 6.32. The lowest BCUT2D eigenvalue weighted by molar-refractivity contribution is 0.102. The van der Waals surface area contributed by atoms with Crippen LogP contribution in [-0.4, -0.2) is 22.6 Å². The molecule has 0 spiro atoms. The molecule has 21 heavy (non-hydrogen) atoms. The molecule has 2 aromatic rings. The van der Waals surface area contributed by atoms with Gasteiger partial charge in [-0.2, -0.15) is 0 Å². The topological polar surface area (TPSA) is 62.2 Å². The van der Waals surface area contributed by atoms with E-state index in [0.29, 0.717) is 28.4 Å². The highest BCUT2D eigenvalue weighted by Crippen LogP contribution is 2.18. The largest absolute Gasteiger partial charge is 0.395 e. The number of hydrogen-bond donors (Lipinski definition) is 2. The molecule has 0 aliphatic carbocycles. The number of halogens is 1. The summed E-state index contributed by atoms with van der Waals surface area (Å²) in [7, 11) is 0. The maximum absolute atomic E-state index is 12.1. The Hall–Kier alpha value is -2.35. The molecule has 106 valence electrons. The molecule has 4 nitrogen and oxygen atoms in total. The summed E-state index contributed by atoms with van der Waals surface area (Å²) in [5.74, 6) is 5.82. The zero-order valence-electron chi connectivity index (χ0n) is 11.1. The molecule has 2 rings (SSSR count). The van der Waals surface area contributed by atoms with E-state index in [1.807, 2.05) is 0 Å². The van der Waals surface area contributed by atoms with Gasteiger partial charge in [0.15, 0.2) is 0 Å². The highest BCUT2D eigenvalue weighted by atomic mass is 35.5. The number of anilines is 1. The zero-order valence-corrected chi connectivity index (χ0v) is 11.9. The maximum atomic E-state index is 12.1. The first-order valence-electron chi connectivity index (χ1n) is 6.32. The Bertz CT molecular complexity index is 690. The zero-order chi connectivity index (χ0) is 15.1. The molecule has 1 aromatic carbocycles. The summed E-state index contributed by atoms with van der Waals surface area (Å²) < 4.78 is 0. The molecule has 0 radical (unpaired) electrons.